The number of nitrogens with one attached hydrogen (secondary N) is 1. The highest BCUT2D eigenvalue weighted by atomic mass is 16.5. The van der Waals surface area contributed by atoms with Crippen LogP contribution in [0.4, 0.5) is 5.82 Å². The van der Waals surface area contributed by atoms with Crippen molar-refractivity contribution in [3.63, 3.8) is 0 Å². The Kier molecular flexibility index (Phi) is 6.55. The molecule has 0 fully saturated rings. The minimum Gasteiger partial charge on any atom is -0.497 e. The van der Waals surface area contributed by atoms with E-state index >= 15 is 0 Å². The molecule has 0 aliphatic carbocycles. The number of ether oxygens (including phenoxy) is 1. The third kappa shape index (κ3) is 5.27. The van der Waals surface area contributed by atoms with Gasteiger partial charge in [-0.05, 0) is 53.9 Å². The first-order chi connectivity index (χ1) is 15.2. The van der Waals surface area contributed by atoms with E-state index in [4.69, 9.17) is 15.5 Å². The average Bonchev–Trinajstić information content (AvgIpc) is 2.84. The fraction of sp³-hybridized carbons (Fsp3) is 0.154. The summed E-state index contributed by atoms with van der Waals surface area (Å²) in [4.78, 5) is 9.06. The molecule has 2 heterocycles. The van der Waals surface area contributed by atoms with Crippen molar-refractivity contribution >= 4 is 5.82 Å². The predicted octanol–water partition coefficient (Wildman–Crippen LogP) is 4.80. The van der Waals surface area contributed by atoms with Gasteiger partial charge in [-0.2, -0.15) is 0 Å². The maximum Gasteiger partial charge on any atom is 0.126 e. The Bertz CT molecular complexity index is 1100. The smallest absolute Gasteiger partial charge is 0.126 e. The number of benzene rings is 2. The normalized spacial score (nSPS) is 11.7. The fourth-order valence-corrected chi connectivity index (χ4v) is 3.52. The molecule has 0 amide bonds. The van der Waals surface area contributed by atoms with Crippen LogP contribution in [-0.2, 0) is 6.42 Å². The summed E-state index contributed by atoms with van der Waals surface area (Å²) in [6, 6.07) is 26.3. The molecule has 3 N–H and O–H groups in total. The third-order valence-electron chi connectivity index (χ3n) is 5.14. The number of rotatable bonds is 8. The number of anilines is 1. The van der Waals surface area contributed by atoms with E-state index in [9.17, 15) is 0 Å². The molecular formula is C26H26N4O. The first-order valence-electron chi connectivity index (χ1n) is 10.3. The summed E-state index contributed by atoms with van der Waals surface area (Å²) >= 11 is 0. The minimum atomic E-state index is -0.00478. The molecule has 0 saturated carbocycles. The van der Waals surface area contributed by atoms with Crippen molar-refractivity contribution in [3.8, 4) is 28.1 Å². The monoisotopic (exact) mass is 410 g/mol. The molecule has 4 aromatic rings. The first kappa shape index (κ1) is 20.6. The third-order valence-corrected chi connectivity index (χ3v) is 5.14. The zero-order chi connectivity index (χ0) is 21.5. The van der Waals surface area contributed by atoms with Crippen LogP contribution >= 0.6 is 0 Å². The molecule has 4 rings (SSSR count). The Balaban J connectivity index is 1.57. The van der Waals surface area contributed by atoms with Crippen LogP contribution < -0.4 is 15.8 Å². The van der Waals surface area contributed by atoms with Crippen molar-refractivity contribution < 1.29 is 4.74 Å². The molecule has 5 nitrogen and oxygen atoms in total. The lowest BCUT2D eigenvalue weighted by Gasteiger charge is -2.16. The lowest BCUT2D eigenvalue weighted by Crippen LogP contribution is -2.31. The van der Waals surface area contributed by atoms with Gasteiger partial charge in [-0.15, -0.1) is 0 Å². The lowest BCUT2D eigenvalue weighted by atomic mass is 9.99. The maximum absolute atomic E-state index is 6.34. The number of nitrogens with two attached hydrogens (primary N) is 1. The average molecular weight is 411 g/mol. The van der Waals surface area contributed by atoms with E-state index in [0.717, 1.165) is 40.4 Å². The number of pyridine rings is 2. The molecule has 1 atom stereocenters. The number of hydrogen-bond acceptors (Lipinski definition) is 5. The van der Waals surface area contributed by atoms with Crippen LogP contribution in [-0.4, -0.2) is 29.7 Å². The van der Waals surface area contributed by atoms with Crippen LogP contribution in [0, 0.1) is 0 Å². The predicted molar refractivity (Wildman–Crippen MR) is 126 cm³/mol. The Morgan fingerprint density at radius 2 is 1.61 bits per heavy atom. The van der Waals surface area contributed by atoms with Crippen LogP contribution in [0.1, 0.15) is 5.56 Å². The Morgan fingerprint density at radius 3 is 2.32 bits per heavy atom. The van der Waals surface area contributed by atoms with Gasteiger partial charge in [0, 0.05) is 36.1 Å². The maximum atomic E-state index is 6.34. The second-order valence-electron chi connectivity index (χ2n) is 7.39. The molecule has 0 aliphatic heterocycles. The van der Waals surface area contributed by atoms with Gasteiger partial charge in [-0.3, -0.25) is 4.98 Å². The molecule has 0 aliphatic rings. The van der Waals surface area contributed by atoms with E-state index in [2.05, 4.69) is 28.5 Å². The second-order valence-corrected chi connectivity index (χ2v) is 7.39. The standard InChI is InChI=1S/C26H26N4O/c1-31-23-9-7-20(8-10-23)24-11-12-25(30-26(24)21-13-15-28-16-14-21)29-18-22(27)17-19-5-3-2-4-6-19/h2-16,22H,17-18,27H2,1H3,(H,29,30)/t22-/m0/s1. The molecule has 2 aromatic carbocycles. The van der Waals surface area contributed by atoms with Gasteiger partial charge in [0.1, 0.15) is 11.6 Å². The van der Waals surface area contributed by atoms with Crippen molar-refractivity contribution in [2.24, 2.45) is 5.73 Å². The summed E-state index contributed by atoms with van der Waals surface area (Å²) in [7, 11) is 1.67. The number of aromatic nitrogens is 2. The van der Waals surface area contributed by atoms with Gasteiger partial charge in [0.25, 0.3) is 0 Å². The van der Waals surface area contributed by atoms with Gasteiger partial charge < -0.3 is 15.8 Å². The van der Waals surface area contributed by atoms with E-state index in [1.165, 1.54) is 5.56 Å². The van der Waals surface area contributed by atoms with Crippen molar-refractivity contribution in [3.05, 3.63) is 96.8 Å². The lowest BCUT2D eigenvalue weighted by molar-refractivity contribution is 0.415. The van der Waals surface area contributed by atoms with Crippen LogP contribution in [0.3, 0.4) is 0 Å². The molecule has 2 aromatic heterocycles. The minimum absolute atomic E-state index is 0.00478. The van der Waals surface area contributed by atoms with Crippen LogP contribution in [0.2, 0.25) is 0 Å². The van der Waals surface area contributed by atoms with Crippen molar-refractivity contribution in [1.29, 1.82) is 0 Å². The van der Waals surface area contributed by atoms with E-state index in [-0.39, 0.29) is 6.04 Å². The molecule has 156 valence electrons. The molecule has 0 unspecified atom stereocenters. The number of hydrogen-bond donors (Lipinski definition) is 2. The van der Waals surface area contributed by atoms with Gasteiger partial charge in [0.05, 0.1) is 12.8 Å². The van der Waals surface area contributed by atoms with Gasteiger partial charge in [-0.25, -0.2) is 4.98 Å². The first-order valence-corrected chi connectivity index (χ1v) is 10.3. The summed E-state index contributed by atoms with van der Waals surface area (Å²) in [5, 5.41) is 3.40. The molecule has 0 saturated heterocycles. The second kappa shape index (κ2) is 9.87. The quantitative estimate of drug-likeness (QED) is 0.436. The van der Waals surface area contributed by atoms with E-state index < -0.39 is 0 Å². The summed E-state index contributed by atoms with van der Waals surface area (Å²) in [6.07, 6.45) is 4.38. The van der Waals surface area contributed by atoms with Crippen LogP contribution in [0.25, 0.3) is 22.4 Å². The van der Waals surface area contributed by atoms with E-state index in [0.29, 0.717) is 6.54 Å². The van der Waals surface area contributed by atoms with Crippen molar-refractivity contribution in [1.82, 2.24) is 9.97 Å². The van der Waals surface area contributed by atoms with Crippen molar-refractivity contribution in [2.45, 2.75) is 12.5 Å². The highest BCUT2D eigenvalue weighted by molar-refractivity contribution is 5.82. The Hall–Kier alpha value is -3.70. The van der Waals surface area contributed by atoms with Gasteiger partial charge >= 0.3 is 0 Å². The summed E-state index contributed by atoms with van der Waals surface area (Å²) in [5.74, 6) is 1.63. The number of nitrogens with zero attached hydrogens (tertiary/aromatic N) is 2. The van der Waals surface area contributed by atoms with Gasteiger partial charge in [0.2, 0.25) is 0 Å². The number of methoxy groups -OCH3 is 1. The van der Waals surface area contributed by atoms with Crippen LogP contribution in [0.5, 0.6) is 5.75 Å². The fourth-order valence-electron chi connectivity index (χ4n) is 3.52. The summed E-state index contributed by atoms with van der Waals surface area (Å²) < 4.78 is 5.29. The van der Waals surface area contributed by atoms with E-state index in [1.807, 2.05) is 60.7 Å². The Morgan fingerprint density at radius 1 is 0.871 bits per heavy atom. The van der Waals surface area contributed by atoms with Gasteiger partial charge in [-0.1, -0.05) is 42.5 Å². The zero-order valence-electron chi connectivity index (χ0n) is 17.5. The van der Waals surface area contributed by atoms with Crippen LogP contribution in [0.15, 0.2) is 91.3 Å². The zero-order valence-corrected chi connectivity index (χ0v) is 17.5. The summed E-state index contributed by atoms with van der Waals surface area (Å²) in [5.41, 5.74) is 11.6. The molecule has 0 radical (unpaired) electrons. The molecule has 31 heavy (non-hydrogen) atoms. The molecule has 0 spiro atoms. The molecular weight excluding hydrogens is 384 g/mol. The Labute approximate surface area is 183 Å². The topological polar surface area (TPSA) is 73.1 Å². The largest absolute Gasteiger partial charge is 0.497 e. The van der Waals surface area contributed by atoms with Gasteiger partial charge in [0.15, 0.2) is 0 Å². The highest BCUT2D eigenvalue weighted by Crippen LogP contribution is 2.32. The highest BCUT2D eigenvalue weighted by Gasteiger charge is 2.12. The SMILES string of the molecule is COc1ccc(-c2ccc(NC[C@@H](N)Cc3ccccc3)nc2-c2ccncc2)cc1. The molecule has 0 bridgehead atoms. The molecule has 5 heteroatoms. The van der Waals surface area contributed by atoms with Crippen molar-refractivity contribution in [2.75, 3.05) is 19.0 Å². The summed E-state index contributed by atoms with van der Waals surface area (Å²) in [6.45, 7) is 0.638. The van der Waals surface area contributed by atoms with E-state index in [1.54, 1.807) is 19.5 Å².